The van der Waals surface area contributed by atoms with Gasteiger partial charge in [-0.05, 0) is 54.4 Å². The highest BCUT2D eigenvalue weighted by atomic mass is 32.2. The van der Waals surface area contributed by atoms with Gasteiger partial charge in [-0.3, -0.25) is 18.3 Å². The van der Waals surface area contributed by atoms with Crippen molar-refractivity contribution < 1.29 is 36.3 Å². The van der Waals surface area contributed by atoms with Gasteiger partial charge in [0, 0.05) is 60.3 Å². The predicted molar refractivity (Wildman–Crippen MR) is 166 cm³/mol. The Bertz CT molecular complexity index is 1790. The number of fused-ring (bicyclic) bond motifs is 1. The predicted octanol–water partition coefficient (Wildman–Crippen LogP) is 5.14. The van der Waals surface area contributed by atoms with Crippen molar-refractivity contribution in [1.82, 2.24) is 10.6 Å². The number of furan rings is 1. The smallest absolute Gasteiger partial charge is 0.255 e. The molecule has 1 aromatic heterocycles. The molecule has 3 N–H and O–H groups in total. The van der Waals surface area contributed by atoms with Crippen LogP contribution >= 0.6 is 0 Å². The van der Waals surface area contributed by atoms with Crippen molar-refractivity contribution in [3.05, 3.63) is 77.6 Å². The fourth-order valence-electron chi connectivity index (χ4n) is 4.70. The van der Waals surface area contributed by atoms with E-state index in [1.54, 1.807) is 44.2 Å². The van der Waals surface area contributed by atoms with Crippen LogP contribution in [0.4, 0.5) is 14.5 Å². The lowest BCUT2D eigenvalue weighted by Crippen LogP contribution is -2.36. The summed E-state index contributed by atoms with van der Waals surface area (Å²) in [4.78, 5) is 26.2. The lowest BCUT2D eigenvalue weighted by Gasteiger charge is -2.25. The summed E-state index contributed by atoms with van der Waals surface area (Å²) in [6.45, 7) is 2.77. The first-order valence-corrected chi connectivity index (χ1v) is 15.8. The van der Waals surface area contributed by atoms with E-state index in [2.05, 4.69) is 10.6 Å². The third-order valence-corrected chi connectivity index (χ3v) is 8.30. The molecule has 0 unspecified atom stereocenters. The maximum atomic E-state index is 13.7. The Labute approximate surface area is 254 Å². The zero-order valence-corrected chi connectivity index (χ0v) is 25.7. The molecule has 4 rings (SSSR count). The number of carbonyl (C=O) groups is 2. The van der Waals surface area contributed by atoms with Crippen molar-refractivity contribution in [2.45, 2.75) is 20.3 Å². The molecule has 0 aliphatic rings. The van der Waals surface area contributed by atoms with Crippen molar-refractivity contribution >= 4 is 38.5 Å². The molecule has 9 nitrogen and oxygen atoms in total. The van der Waals surface area contributed by atoms with Gasteiger partial charge in [0.25, 0.3) is 11.8 Å². The lowest BCUT2D eigenvalue weighted by molar-refractivity contribution is 0.0910. The van der Waals surface area contributed by atoms with Crippen molar-refractivity contribution in [3.63, 3.8) is 0 Å². The first-order chi connectivity index (χ1) is 20.8. The molecule has 12 heteroatoms. The zero-order valence-electron chi connectivity index (χ0n) is 24.9. The molecule has 0 fully saturated rings. The van der Waals surface area contributed by atoms with E-state index in [1.807, 2.05) is 0 Å². The molecule has 234 valence electrons. The Morgan fingerprint density at radius 3 is 2.34 bits per heavy atom. The molecule has 0 aliphatic carbocycles. The second-order valence-electron chi connectivity index (χ2n) is 11.2. The fraction of sp³-hybridized carbons (Fsp3) is 0.312. The zero-order chi connectivity index (χ0) is 32.2. The number of alkyl halides is 1. The molecule has 0 atom stereocenters. The van der Waals surface area contributed by atoms with E-state index in [-0.39, 0.29) is 54.3 Å². The number of carbonyl (C=O) groups excluding carboxylic acids is 2. The highest BCUT2D eigenvalue weighted by molar-refractivity contribution is 7.92. The maximum absolute atomic E-state index is 13.7. The second kappa shape index (κ2) is 13.1. The van der Waals surface area contributed by atoms with Crippen LogP contribution in [0.1, 0.15) is 41.0 Å². The minimum Gasteiger partial charge on any atom is -0.455 e. The molecule has 0 bridgehead atoms. The van der Waals surface area contributed by atoms with Crippen LogP contribution in [-0.2, 0) is 10.0 Å². The van der Waals surface area contributed by atoms with Crippen LogP contribution < -0.4 is 14.9 Å². The highest BCUT2D eigenvalue weighted by Gasteiger charge is 2.28. The number of nitrogens with zero attached hydrogens (tertiary/aromatic N) is 1. The van der Waals surface area contributed by atoms with Gasteiger partial charge >= 0.3 is 0 Å². The first-order valence-electron chi connectivity index (χ1n) is 13.9. The number of hydrogen-bond donors (Lipinski definition) is 3. The van der Waals surface area contributed by atoms with Crippen LogP contribution in [0.5, 0.6) is 0 Å². The van der Waals surface area contributed by atoms with E-state index in [9.17, 15) is 31.9 Å². The Kier molecular flexibility index (Phi) is 9.75. The number of benzene rings is 3. The van der Waals surface area contributed by atoms with Crippen LogP contribution in [0, 0.1) is 11.2 Å². The monoisotopic (exact) mass is 627 g/mol. The number of aliphatic hydroxyl groups is 1. The molecule has 2 amide bonds. The number of sulfonamides is 1. The summed E-state index contributed by atoms with van der Waals surface area (Å²) in [5.74, 6) is -1.21. The normalized spacial score (nSPS) is 11.9. The van der Waals surface area contributed by atoms with E-state index in [4.69, 9.17) is 4.42 Å². The number of rotatable bonds is 12. The van der Waals surface area contributed by atoms with Crippen molar-refractivity contribution in [2.75, 3.05) is 44.0 Å². The van der Waals surface area contributed by atoms with Crippen LogP contribution in [0.2, 0.25) is 0 Å². The maximum Gasteiger partial charge on any atom is 0.255 e. The molecule has 3 aromatic carbocycles. The number of nitrogens with one attached hydrogen (secondary N) is 2. The number of aliphatic hydroxyl groups excluding tert-OH is 1. The van der Waals surface area contributed by atoms with Crippen LogP contribution in [0.25, 0.3) is 33.4 Å². The number of halogens is 2. The van der Waals surface area contributed by atoms with Gasteiger partial charge in [0.2, 0.25) is 10.0 Å². The summed E-state index contributed by atoms with van der Waals surface area (Å²) < 4.78 is 60.2. The molecule has 0 radical (unpaired) electrons. The topological polar surface area (TPSA) is 129 Å². The molecule has 44 heavy (non-hydrogen) atoms. The minimum atomic E-state index is -3.92. The standard InChI is InChI=1S/C32H35F2N3O6S/c1-32(2,19-38)18-36-30(39)22-8-5-7-21(15-22)24-16-25-27(17-26(24)37(14-6-13-33)44(4,41)42)43-29(28(25)31(40)35-3)20-9-11-23(34)12-10-20/h5,7-12,15-17,38H,6,13-14,18-19H2,1-4H3,(H,35,40)(H,36,39). The average Bonchev–Trinajstić information content (AvgIpc) is 3.37. The van der Waals surface area contributed by atoms with Gasteiger partial charge in [-0.15, -0.1) is 0 Å². The van der Waals surface area contributed by atoms with E-state index in [1.165, 1.54) is 37.4 Å². The first kappa shape index (κ1) is 32.6. The highest BCUT2D eigenvalue weighted by Crippen LogP contribution is 2.42. The molecule has 0 saturated heterocycles. The van der Waals surface area contributed by atoms with E-state index in [0.717, 1.165) is 10.6 Å². The van der Waals surface area contributed by atoms with Gasteiger partial charge in [-0.2, -0.15) is 0 Å². The van der Waals surface area contributed by atoms with Crippen LogP contribution in [0.15, 0.2) is 65.1 Å². The minimum absolute atomic E-state index is 0.0733. The van der Waals surface area contributed by atoms with Gasteiger partial charge in [-0.25, -0.2) is 12.8 Å². The summed E-state index contributed by atoms with van der Waals surface area (Å²) in [6.07, 6.45) is 0.935. The van der Waals surface area contributed by atoms with E-state index in [0.29, 0.717) is 22.1 Å². The SMILES string of the molecule is CNC(=O)c1c(-c2ccc(F)cc2)oc2cc(N(CCCF)S(C)(=O)=O)c(-c3cccc(C(=O)NCC(C)(C)CO)c3)cc12. The third-order valence-electron chi connectivity index (χ3n) is 7.12. The van der Waals surface area contributed by atoms with Gasteiger partial charge in [0.05, 0.1) is 24.2 Å². The Hall–Kier alpha value is -4.29. The van der Waals surface area contributed by atoms with E-state index < -0.39 is 39.7 Å². The fourth-order valence-corrected chi connectivity index (χ4v) is 5.67. The average molecular weight is 628 g/mol. The summed E-state index contributed by atoms with van der Waals surface area (Å²) in [7, 11) is -2.47. The molecule has 0 spiro atoms. The van der Waals surface area contributed by atoms with Gasteiger partial charge in [0.15, 0.2) is 0 Å². The Morgan fingerprint density at radius 2 is 1.73 bits per heavy atom. The number of hydrogen-bond acceptors (Lipinski definition) is 6. The summed E-state index contributed by atoms with van der Waals surface area (Å²) in [6, 6.07) is 15.0. The molecular weight excluding hydrogens is 592 g/mol. The summed E-state index contributed by atoms with van der Waals surface area (Å²) >= 11 is 0. The van der Waals surface area contributed by atoms with Crippen molar-refractivity contribution in [2.24, 2.45) is 5.41 Å². The Balaban J connectivity index is 1.98. The quantitative estimate of drug-likeness (QED) is 0.200. The van der Waals surface area contributed by atoms with Crippen LogP contribution in [0.3, 0.4) is 0 Å². The Morgan fingerprint density at radius 1 is 1.02 bits per heavy atom. The largest absolute Gasteiger partial charge is 0.455 e. The van der Waals surface area contributed by atoms with Crippen molar-refractivity contribution in [1.29, 1.82) is 0 Å². The molecule has 0 saturated carbocycles. The summed E-state index contributed by atoms with van der Waals surface area (Å²) in [5.41, 5.74) is 1.45. The van der Waals surface area contributed by atoms with Crippen molar-refractivity contribution in [3.8, 4) is 22.5 Å². The van der Waals surface area contributed by atoms with Gasteiger partial charge < -0.3 is 20.2 Å². The van der Waals surface area contributed by atoms with Crippen LogP contribution in [-0.4, -0.2) is 65.0 Å². The third kappa shape index (κ3) is 7.08. The molecular formula is C32H35F2N3O6S. The number of amides is 2. The number of anilines is 1. The molecule has 1 heterocycles. The van der Waals surface area contributed by atoms with Gasteiger partial charge in [0.1, 0.15) is 17.2 Å². The van der Waals surface area contributed by atoms with Gasteiger partial charge in [-0.1, -0.05) is 26.0 Å². The lowest BCUT2D eigenvalue weighted by atomic mass is 9.94. The summed E-state index contributed by atoms with van der Waals surface area (Å²) in [5, 5.41) is 15.3. The second-order valence-corrected chi connectivity index (χ2v) is 13.1. The molecule has 0 aliphatic heterocycles. The van der Waals surface area contributed by atoms with E-state index >= 15 is 0 Å². The molecule has 4 aromatic rings.